The number of rotatable bonds is 2. The molecule has 0 N–H and O–H groups in total. The number of hydrogen-bond acceptors (Lipinski definition) is 5. The van der Waals surface area contributed by atoms with Gasteiger partial charge in [-0.2, -0.15) is 0 Å². The molecule has 0 aromatic carbocycles. The second-order valence-corrected chi connectivity index (χ2v) is 6.40. The Morgan fingerprint density at radius 3 is 1.74 bits per heavy atom. The highest BCUT2D eigenvalue weighted by Crippen LogP contribution is 2.12. The molecule has 1 fully saturated rings. The summed E-state index contributed by atoms with van der Waals surface area (Å²) in [5, 5.41) is 0. The van der Waals surface area contributed by atoms with E-state index >= 15 is 0 Å². The highest BCUT2D eigenvalue weighted by molar-refractivity contribution is 6.41. The zero-order valence-electron chi connectivity index (χ0n) is 11.9. The molecule has 0 unspecified atom stereocenters. The van der Waals surface area contributed by atoms with E-state index in [4.69, 9.17) is 11.4 Å². The summed E-state index contributed by atoms with van der Waals surface area (Å²) >= 11 is -2.67. The third-order valence-electron chi connectivity index (χ3n) is 2.85. The smallest absolute Gasteiger partial charge is 0.562 e. The van der Waals surface area contributed by atoms with Gasteiger partial charge in [-0.15, -0.1) is 0 Å². The average molecular weight is 286 g/mol. The first-order valence-electron chi connectivity index (χ1n) is 7.12. The second kappa shape index (κ2) is 9.35. The van der Waals surface area contributed by atoms with Crippen molar-refractivity contribution in [2.45, 2.75) is 71.3 Å². The molecule has 1 heterocycles. The van der Waals surface area contributed by atoms with Gasteiger partial charge in [0.2, 0.25) is 0 Å². The largest absolute Gasteiger partial charge is 1.10 e. The molecule has 0 saturated carbocycles. The molecule has 0 spiro atoms. The molecule has 6 heteroatoms. The van der Waals surface area contributed by atoms with Crippen LogP contribution in [0.3, 0.4) is 0 Å². The Balaban J connectivity index is 2.54. The number of hydrogen-bond donors (Lipinski definition) is 0. The van der Waals surface area contributed by atoms with Gasteiger partial charge in [-0.3, -0.25) is 9.59 Å². The van der Waals surface area contributed by atoms with Gasteiger partial charge < -0.3 is 11.4 Å². The van der Waals surface area contributed by atoms with E-state index in [0.29, 0.717) is 12.8 Å². The van der Waals surface area contributed by atoms with Gasteiger partial charge in [-0.05, 0) is 26.7 Å². The molecule has 1 rings (SSSR count). The molecule has 0 radical (unpaired) electrons. The monoisotopic (exact) mass is 286 g/mol. The van der Waals surface area contributed by atoms with Crippen molar-refractivity contribution in [3.63, 3.8) is 0 Å². The van der Waals surface area contributed by atoms with Crippen molar-refractivity contribution in [3.05, 3.63) is 0 Å². The molecule has 1 aliphatic rings. The van der Waals surface area contributed by atoms with Gasteiger partial charge in [0.1, 0.15) is 0 Å². The van der Waals surface area contributed by atoms with Gasteiger partial charge in [-0.25, -0.2) is 0 Å². The van der Waals surface area contributed by atoms with Crippen molar-refractivity contribution in [2.24, 2.45) is 0 Å². The molecule has 0 amide bonds. The van der Waals surface area contributed by atoms with Crippen molar-refractivity contribution in [3.8, 4) is 0 Å². The molecule has 0 aliphatic carbocycles. The van der Waals surface area contributed by atoms with Crippen LogP contribution < -0.4 is 0 Å². The third-order valence-corrected chi connectivity index (χ3v) is 4.53. The Morgan fingerprint density at radius 1 is 0.895 bits per heavy atom. The molecule has 0 bridgehead atoms. The van der Waals surface area contributed by atoms with Crippen LogP contribution in [0.15, 0.2) is 0 Å². The first kappa shape index (κ1) is 16.5. The Hall–Kier alpha value is -0.568. The van der Waals surface area contributed by atoms with Crippen molar-refractivity contribution in [2.75, 3.05) is 0 Å². The lowest BCUT2D eigenvalue weighted by Gasteiger charge is -2.15. The maximum atomic E-state index is 11.6. The van der Waals surface area contributed by atoms with Crippen LogP contribution >= 0.6 is 0 Å². The molecule has 0 aromatic rings. The minimum atomic E-state index is -2.67. The van der Waals surface area contributed by atoms with Gasteiger partial charge >= 0.3 is 15.1 Å². The Kier molecular flexibility index (Phi) is 8.12. The lowest BCUT2D eigenvalue weighted by molar-refractivity contribution is -0.144. The van der Waals surface area contributed by atoms with Crippen LogP contribution in [0, 0.1) is 0 Å². The highest BCUT2D eigenvalue weighted by Gasteiger charge is 2.43. The van der Waals surface area contributed by atoms with E-state index in [0.717, 1.165) is 38.5 Å². The minimum Gasteiger partial charge on any atom is -0.562 e. The molecule has 5 nitrogen and oxygen atoms in total. The standard InChI is InChI=1S/C10H18O4.C3H7O.Al/c11-9(12)7-5-3-1-2-4-6-8-10(13)14;1-3(2)4;/h1-8H2,(H,11,12)(H,13,14);3H,1-2H3;/q;-1;+3/p-2. The van der Waals surface area contributed by atoms with Crippen LogP contribution in [0.5, 0.6) is 0 Å². The van der Waals surface area contributed by atoms with E-state index in [-0.39, 0.29) is 18.0 Å². The lowest BCUT2D eigenvalue weighted by Crippen LogP contribution is -2.34. The topological polar surface area (TPSA) is 61.8 Å². The summed E-state index contributed by atoms with van der Waals surface area (Å²) in [7, 11) is 0. The summed E-state index contributed by atoms with van der Waals surface area (Å²) < 4.78 is 15.8. The SMILES string of the molecule is CC(C)[O][Al]1[O]C(=O)CCCCCCCCC(=O)[O]1. The maximum absolute atomic E-state index is 11.6. The van der Waals surface area contributed by atoms with Crippen LogP contribution in [0.2, 0.25) is 0 Å². The zero-order valence-corrected chi connectivity index (χ0v) is 13.0. The molecular formula is C13H23AlO5. The molecule has 0 atom stereocenters. The second-order valence-electron chi connectivity index (χ2n) is 5.07. The highest BCUT2D eigenvalue weighted by atomic mass is 27.3. The van der Waals surface area contributed by atoms with E-state index in [9.17, 15) is 9.59 Å². The van der Waals surface area contributed by atoms with E-state index in [1.54, 1.807) is 0 Å². The van der Waals surface area contributed by atoms with Crippen molar-refractivity contribution < 1.29 is 21.0 Å². The van der Waals surface area contributed by atoms with Crippen LogP contribution in [0.25, 0.3) is 0 Å². The van der Waals surface area contributed by atoms with Gasteiger partial charge in [0.25, 0.3) is 11.9 Å². The fourth-order valence-electron chi connectivity index (χ4n) is 1.88. The lowest BCUT2D eigenvalue weighted by atomic mass is 10.1. The predicted molar refractivity (Wildman–Crippen MR) is 71.1 cm³/mol. The van der Waals surface area contributed by atoms with Gasteiger partial charge in [0.05, 0.1) is 0 Å². The van der Waals surface area contributed by atoms with Crippen molar-refractivity contribution >= 4 is 27.1 Å². The summed E-state index contributed by atoms with van der Waals surface area (Å²) in [6, 6.07) is 0. The Labute approximate surface area is 120 Å². The summed E-state index contributed by atoms with van der Waals surface area (Å²) in [5.74, 6) is -0.631. The van der Waals surface area contributed by atoms with Crippen LogP contribution in [-0.2, 0) is 21.0 Å². The van der Waals surface area contributed by atoms with Gasteiger partial charge in [0.15, 0.2) is 0 Å². The third kappa shape index (κ3) is 8.25. The fraction of sp³-hybridized carbons (Fsp3) is 0.846. The molecule has 108 valence electrons. The number of carbonyl (C=O) groups is 2. The summed E-state index contributed by atoms with van der Waals surface area (Å²) in [4.78, 5) is 23.2. The van der Waals surface area contributed by atoms with Gasteiger partial charge in [0, 0.05) is 18.9 Å². The molecule has 1 saturated heterocycles. The Morgan fingerprint density at radius 2 is 1.32 bits per heavy atom. The first-order valence-corrected chi connectivity index (χ1v) is 8.54. The fourth-order valence-corrected chi connectivity index (χ4v) is 3.15. The number of carbonyl (C=O) groups excluding carboxylic acids is 2. The average Bonchev–Trinajstić information content (AvgIpc) is 2.31. The van der Waals surface area contributed by atoms with E-state index in [1.807, 2.05) is 13.8 Å². The zero-order chi connectivity index (χ0) is 14.1. The summed E-state index contributed by atoms with van der Waals surface area (Å²) in [5.41, 5.74) is 0. The van der Waals surface area contributed by atoms with E-state index < -0.39 is 15.1 Å². The molecular weight excluding hydrogens is 263 g/mol. The summed E-state index contributed by atoms with van der Waals surface area (Å²) in [6.07, 6.45) is 6.56. The first-order chi connectivity index (χ1) is 9.08. The molecule has 1 aliphatic heterocycles. The van der Waals surface area contributed by atoms with Crippen molar-refractivity contribution in [1.82, 2.24) is 0 Å². The molecule has 19 heavy (non-hydrogen) atoms. The Bertz CT molecular complexity index is 269. The quantitative estimate of drug-likeness (QED) is 0.730. The normalized spacial score (nSPS) is 20.1. The predicted octanol–water partition coefficient (Wildman–Crippen LogP) is 2.62. The summed E-state index contributed by atoms with van der Waals surface area (Å²) in [6.45, 7) is 3.66. The van der Waals surface area contributed by atoms with Crippen LogP contribution in [0.4, 0.5) is 0 Å². The maximum Gasteiger partial charge on any atom is 1.10 e. The minimum absolute atomic E-state index is 0.118. The van der Waals surface area contributed by atoms with E-state index in [1.165, 1.54) is 0 Å². The van der Waals surface area contributed by atoms with Gasteiger partial charge in [-0.1, -0.05) is 25.7 Å². The van der Waals surface area contributed by atoms with Crippen molar-refractivity contribution in [1.29, 1.82) is 0 Å². The van der Waals surface area contributed by atoms with E-state index in [2.05, 4.69) is 0 Å². The molecule has 0 aromatic heterocycles. The van der Waals surface area contributed by atoms with Crippen LogP contribution in [0.1, 0.15) is 65.2 Å². The van der Waals surface area contributed by atoms with Crippen LogP contribution in [-0.4, -0.2) is 33.2 Å².